The Morgan fingerprint density at radius 3 is 1.88 bits per heavy atom. The fraction of sp³-hybridized carbons (Fsp3) is 0.769. The summed E-state index contributed by atoms with van der Waals surface area (Å²) in [5, 5.41) is 10.2. The van der Waals surface area contributed by atoms with E-state index in [0.717, 1.165) is 6.08 Å². The second kappa shape index (κ2) is 5.00. The molecule has 2 atom stereocenters. The summed E-state index contributed by atoms with van der Waals surface area (Å²) in [7, 11) is 0. The summed E-state index contributed by atoms with van der Waals surface area (Å²) in [6.07, 6.45) is -0.136. The van der Waals surface area contributed by atoms with Gasteiger partial charge in [-0.05, 0) is 5.41 Å². The van der Waals surface area contributed by atoms with Crippen molar-refractivity contribution < 1.29 is 14.6 Å². The van der Waals surface area contributed by atoms with E-state index in [1.165, 1.54) is 0 Å². The Morgan fingerprint density at radius 2 is 1.62 bits per heavy atom. The average Bonchev–Trinajstić information content (AvgIpc) is 2.09. The van der Waals surface area contributed by atoms with Crippen LogP contribution in [0.4, 0.5) is 0 Å². The van der Waals surface area contributed by atoms with Gasteiger partial charge in [-0.25, -0.2) is 4.79 Å². The van der Waals surface area contributed by atoms with Crippen molar-refractivity contribution in [2.45, 2.75) is 53.8 Å². The van der Waals surface area contributed by atoms with Crippen molar-refractivity contribution in [2.24, 2.45) is 10.8 Å². The minimum Gasteiger partial charge on any atom is -0.456 e. The quantitative estimate of drug-likeness (QED) is 0.596. The van der Waals surface area contributed by atoms with E-state index in [1.54, 1.807) is 0 Å². The lowest BCUT2D eigenvalue weighted by atomic mass is 9.76. The Kier molecular flexibility index (Phi) is 4.74. The van der Waals surface area contributed by atoms with Crippen LogP contribution < -0.4 is 0 Å². The van der Waals surface area contributed by atoms with Crippen molar-refractivity contribution in [1.82, 2.24) is 0 Å². The van der Waals surface area contributed by atoms with E-state index in [0.29, 0.717) is 0 Å². The predicted octanol–water partition coefficient (Wildman–Crippen LogP) is 2.54. The molecular formula is C13H24O3. The van der Waals surface area contributed by atoms with Crippen molar-refractivity contribution >= 4 is 5.97 Å². The maximum atomic E-state index is 11.2. The maximum Gasteiger partial charge on any atom is 0.330 e. The van der Waals surface area contributed by atoms with Crippen LogP contribution in [0.25, 0.3) is 0 Å². The van der Waals surface area contributed by atoms with Crippen molar-refractivity contribution in [1.29, 1.82) is 0 Å². The molecule has 1 N–H and O–H groups in total. The maximum absolute atomic E-state index is 11.2. The number of aliphatic hydroxyl groups excluding tert-OH is 1. The number of hydrogen-bond acceptors (Lipinski definition) is 3. The van der Waals surface area contributed by atoms with Crippen LogP contribution in [0.5, 0.6) is 0 Å². The molecule has 0 saturated carbocycles. The molecule has 0 fully saturated rings. The minimum absolute atomic E-state index is 0.314. The Morgan fingerprint density at radius 1 is 1.19 bits per heavy atom. The van der Waals surface area contributed by atoms with E-state index in [9.17, 15) is 9.90 Å². The molecule has 0 aliphatic carbocycles. The van der Waals surface area contributed by atoms with Crippen LogP contribution in [0.3, 0.4) is 0 Å². The first-order chi connectivity index (χ1) is 7.00. The van der Waals surface area contributed by atoms with Gasteiger partial charge in [0, 0.05) is 11.5 Å². The van der Waals surface area contributed by atoms with E-state index in [2.05, 4.69) is 6.58 Å². The van der Waals surface area contributed by atoms with Crippen molar-refractivity contribution in [3.05, 3.63) is 12.7 Å². The van der Waals surface area contributed by atoms with Gasteiger partial charge in [-0.1, -0.05) is 48.1 Å². The van der Waals surface area contributed by atoms with Gasteiger partial charge in [-0.3, -0.25) is 0 Å². The number of aliphatic hydroxyl groups is 1. The van der Waals surface area contributed by atoms with Crippen LogP contribution in [-0.4, -0.2) is 23.3 Å². The summed E-state index contributed by atoms with van der Waals surface area (Å²) >= 11 is 0. The first-order valence-corrected chi connectivity index (χ1v) is 5.51. The Balaban J connectivity index is 4.96. The third kappa shape index (κ3) is 4.35. The lowest BCUT2D eigenvalue weighted by Gasteiger charge is -2.39. The van der Waals surface area contributed by atoms with Crippen LogP contribution in [0, 0.1) is 10.8 Å². The van der Waals surface area contributed by atoms with Crippen LogP contribution >= 0.6 is 0 Å². The average molecular weight is 228 g/mol. The largest absolute Gasteiger partial charge is 0.456 e. The van der Waals surface area contributed by atoms with Crippen LogP contribution in [0.1, 0.15) is 41.5 Å². The summed E-state index contributed by atoms with van der Waals surface area (Å²) < 4.78 is 5.25. The number of esters is 1. The van der Waals surface area contributed by atoms with Gasteiger partial charge in [0.05, 0.1) is 6.10 Å². The molecule has 0 amide bonds. The number of carbonyl (C=O) groups is 1. The fourth-order valence-electron chi connectivity index (χ4n) is 1.34. The highest BCUT2D eigenvalue weighted by Gasteiger charge is 2.40. The topological polar surface area (TPSA) is 46.5 Å². The number of hydrogen-bond donors (Lipinski definition) is 1. The highest BCUT2D eigenvalue weighted by Crippen LogP contribution is 2.33. The Hall–Kier alpha value is -0.830. The molecule has 3 heteroatoms. The normalized spacial score (nSPS) is 16.4. The molecular weight excluding hydrogens is 204 g/mol. The second-order valence-electron chi connectivity index (χ2n) is 6.24. The van der Waals surface area contributed by atoms with Gasteiger partial charge in [0.15, 0.2) is 0 Å². The molecule has 0 radical (unpaired) electrons. The second-order valence-corrected chi connectivity index (χ2v) is 6.24. The third-order valence-electron chi connectivity index (χ3n) is 2.44. The Labute approximate surface area is 98.5 Å². The molecule has 2 unspecified atom stereocenters. The zero-order valence-corrected chi connectivity index (χ0v) is 11.2. The van der Waals surface area contributed by atoms with Gasteiger partial charge in [0.1, 0.15) is 6.10 Å². The lowest BCUT2D eigenvalue weighted by Crippen LogP contribution is -2.47. The van der Waals surface area contributed by atoms with Gasteiger partial charge >= 0.3 is 5.97 Å². The number of ether oxygens (including phenoxy) is 1. The highest BCUT2D eigenvalue weighted by atomic mass is 16.6. The molecule has 0 saturated heterocycles. The Bertz CT molecular complexity index is 255. The van der Waals surface area contributed by atoms with E-state index < -0.39 is 18.2 Å². The van der Waals surface area contributed by atoms with Crippen LogP contribution in [-0.2, 0) is 9.53 Å². The molecule has 0 aliphatic heterocycles. The first kappa shape index (κ1) is 15.2. The van der Waals surface area contributed by atoms with E-state index in [4.69, 9.17) is 4.74 Å². The van der Waals surface area contributed by atoms with Crippen LogP contribution in [0.15, 0.2) is 12.7 Å². The lowest BCUT2D eigenvalue weighted by molar-refractivity contribution is -0.165. The number of carbonyl (C=O) groups excluding carboxylic acids is 1. The van der Waals surface area contributed by atoms with E-state index in [-0.39, 0.29) is 10.8 Å². The standard InChI is InChI=1S/C13H24O3/c1-8-9(14)16-11(13(5,6)7)10(15)12(2,3)4/h8,10-11,15H,1H2,2-7H3. The van der Waals surface area contributed by atoms with Crippen molar-refractivity contribution in [3.63, 3.8) is 0 Å². The molecule has 0 aromatic carbocycles. The molecule has 0 aliphatic rings. The van der Waals surface area contributed by atoms with Gasteiger partial charge in [-0.15, -0.1) is 0 Å². The smallest absolute Gasteiger partial charge is 0.330 e. The van der Waals surface area contributed by atoms with E-state index >= 15 is 0 Å². The first-order valence-electron chi connectivity index (χ1n) is 5.51. The third-order valence-corrected chi connectivity index (χ3v) is 2.44. The summed E-state index contributed by atoms with van der Waals surface area (Å²) in [5.74, 6) is -0.497. The van der Waals surface area contributed by atoms with Crippen LogP contribution in [0.2, 0.25) is 0 Å². The van der Waals surface area contributed by atoms with Gasteiger partial charge in [0.2, 0.25) is 0 Å². The molecule has 0 aromatic heterocycles. The zero-order valence-electron chi connectivity index (χ0n) is 11.2. The molecule has 0 aromatic rings. The number of rotatable bonds is 3. The summed E-state index contributed by atoms with van der Waals surface area (Å²) in [5.41, 5.74) is -0.648. The summed E-state index contributed by atoms with van der Waals surface area (Å²) in [6.45, 7) is 14.9. The molecule has 0 rings (SSSR count). The SMILES string of the molecule is C=CC(=O)OC(C(O)C(C)(C)C)C(C)(C)C. The monoisotopic (exact) mass is 228 g/mol. The van der Waals surface area contributed by atoms with Gasteiger partial charge in [0.25, 0.3) is 0 Å². The zero-order chi connectivity index (χ0) is 13.1. The molecule has 3 nitrogen and oxygen atoms in total. The molecule has 0 spiro atoms. The predicted molar refractivity (Wildman–Crippen MR) is 65.0 cm³/mol. The van der Waals surface area contributed by atoms with Crippen molar-refractivity contribution in [2.75, 3.05) is 0 Å². The molecule has 0 bridgehead atoms. The highest BCUT2D eigenvalue weighted by molar-refractivity contribution is 5.81. The molecule has 16 heavy (non-hydrogen) atoms. The van der Waals surface area contributed by atoms with Gasteiger partial charge < -0.3 is 9.84 Å². The summed E-state index contributed by atoms with van der Waals surface area (Å²) in [4.78, 5) is 11.2. The summed E-state index contributed by atoms with van der Waals surface area (Å²) in [6, 6.07) is 0. The molecule has 0 heterocycles. The van der Waals surface area contributed by atoms with Gasteiger partial charge in [-0.2, -0.15) is 0 Å². The fourth-order valence-corrected chi connectivity index (χ4v) is 1.34. The van der Waals surface area contributed by atoms with Crippen molar-refractivity contribution in [3.8, 4) is 0 Å². The van der Waals surface area contributed by atoms with E-state index in [1.807, 2.05) is 41.5 Å². The minimum atomic E-state index is -0.712. The molecule has 94 valence electrons.